The summed E-state index contributed by atoms with van der Waals surface area (Å²) in [6.07, 6.45) is 2.61. The SMILES string of the molecule is N#Cc1c(N)ncnc1N1CCC[C@H]1c1nc2ccc(F)c(F)c2c(=O)n1-c1ccccc1. The molecule has 1 aliphatic heterocycles. The molecule has 8 nitrogen and oxygen atoms in total. The van der Waals surface area contributed by atoms with E-state index in [0.717, 1.165) is 12.5 Å². The number of fused-ring (bicyclic) bond motifs is 1. The van der Waals surface area contributed by atoms with Crippen LogP contribution in [0, 0.1) is 23.0 Å². The van der Waals surface area contributed by atoms with Gasteiger partial charge in [0.15, 0.2) is 17.5 Å². The highest BCUT2D eigenvalue weighted by Gasteiger charge is 2.34. The third kappa shape index (κ3) is 3.25. The molecule has 1 fully saturated rings. The summed E-state index contributed by atoms with van der Waals surface area (Å²) in [6, 6.07) is 12.5. The molecule has 2 N–H and O–H groups in total. The van der Waals surface area contributed by atoms with E-state index in [4.69, 9.17) is 5.73 Å². The number of benzene rings is 2. The molecule has 2 aromatic carbocycles. The first-order valence-corrected chi connectivity index (χ1v) is 10.2. The van der Waals surface area contributed by atoms with Gasteiger partial charge in [0.25, 0.3) is 5.56 Å². The monoisotopic (exact) mass is 445 g/mol. The van der Waals surface area contributed by atoms with Crippen molar-refractivity contribution < 1.29 is 8.78 Å². The molecule has 3 heterocycles. The molecular formula is C23H17F2N7O. The van der Waals surface area contributed by atoms with Crippen molar-refractivity contribution >= 4 is 22.5 Å². The predicted octanol–water partition coefficient (Wildman–Crippen LogP) is 3.25. The number of hydrogen-bond acceptors (Lipinski definition) is 7. The summed E-state index contributed by atoms with van der Waals surface area (Å²) in [7, 11) is 0. The van der Waals surface area contributed by atoms with Gasteiger partial charge >= 0.3 is 0 Å². The minimum Gasteiger partial charge on any atom is -0.382 e. The Labute approximate surface area is 186 Å². The number of nitrogens with zero attached hydrogens (tertiary/aromatic N) is 6. The number of nitrogens with two attached hydrogens (primary N) is 1. The summed E-state index contributed by atoms with van der Waals surface area (Å²) in [5.41, 5.74) is 5.82. The third-order valence-electron chi connectivity index (χ3n) is 5.76. The first kappa shape index (κ1) is 20.5. The molecular weight excluding hydrogens is 428 g/mol. The third-order valence-corrected chi connectivity index (χ3v) is 5.76. The lowest BCUT2D eigenvalue weighted by Gasteiger charge is -2.28. The van der Waals surface area contributed by atoms with Gasteiger partial charge in [-0.1, -0.05) is 18.2 Å². The quantitative estimate of drug-likeness (QED) is 0.515. The highest BCUT2D eigenvalue weighted by atomic mass is 19.2. The van der Waals surface area contributed by atoms with Crippen molar-refractivity contribution in [1.82, 2.24) is 19.5 Å². The summed E-state index contributed by atoms with van der Waals surface area (Å²) < 4.78 is 29.9. The maximum absolute atomic E-state index is 14.6. The molecule has 33 heavy (non-hydrogen) atoms. The van der Waals surface area contributed by atoms with E-state index >= 15 is 0 Å². The summed E-state index contributed by atoms with van der Waals surface area (Å²) in [5, 5.41) is 9.19. The summed E-state index contributed by atoms with van der Waals surface area (Å²) >= 11 is 0. The number of para-hydroxylation sites is 1. The Balaban J connectivity index is 1.79. The normalized spacial score (nSPS) is 15.7. The second kappa shape index (κ2) is 7.94. The van der Waals surface area contributed by atoms with Crippen LogP contribution >= 0.6 is 0 Å². The molecule has 164 valence electrons. The van der Waals surface area contributed by atoms with Gasteiger partial charge in [-0.2, -0.15) is 5.26 Å². The Bertz CT molecular complexity index is 1480. The van der Waals surface area contributed by atoms with Crippen molar-refractivity contribution in [3.63, 3.8) is 0 Å². The minimum absolute atomic E-state index is 0.0515. The largest absolute Gasteiger partial charge is 0.382 e. The molecule has 1 atom stereocenters. The molecule has 0 radical (unpaired) electrons. The number of halogens is 2. The highest BCUT2D eigenvalue weighted by molar-refractivity contribution is 5.79. The highest BCUT2D eigenvalue weighted by Crippen LogP contribution is 2.37. The fourth-order valence-corrected chi connectivity index (χ4v) is 4.28. The molecule has 0 unspecified atom stereocenters. The van der Waals surface area contributed by atoms with Crippen LogP contribution in [0.25, 0.3) is 16.6 Å². The molecule has 0 amide bonds. The second-order valence-electron chi connectivity index (χ2n) is 7.62. The minimum atomic E-state index is -1.24. The summed E-state index contributed by atoms with van der Waals surface area (Å²) in [5.74, 6) is -1.63. The average Bonchev–Trinajstić information content (AvgIpc) is 3.31. The lowest BCUT2D eigenvalue weighted by molar-refractivity contribution is 0.515. The topological polar surface area (TPSA) is 114 Å². The number of nitriles is 1. The summed E-state index contributed by atoms with van der Waals surface area (Å²) in [4.78, 5) is 28.1. The molecule has 4 aromatic rings. The summed E-state index contributed by atoms with van der Waals surface area (Å²) in [6.45, 7) is 0.538. The molecule has 0 aliphatic carbocycles. The van der Waals surface area contributed by atoms with Crippen LogP contribution in [0.4, 0.5) is 20.4 Å². The van der Waals surface area contributed by atoms with Crippen LogP contribution in [0.5, 0.6) is 0 Å². The molecule has 5 rings (SSSR count). The number of anilines is 2. The van der Waals surface area contributed by atoms with Crippen molar-refractivity contribution in [2.24, 2.45) is 0 Å². The molecule has 1 aliphatic rings. The second-order valence-corrected chi connectivity index (χ2v) is 7.62. The van der Waals surface area contributed by atoms with E-state index in [0.29, 0.717) is 30.3 Å². The lowest BCUT2D eigenvalue weighted by atomic mass is 10.1. The van der Waals surface area contributed by atoms with Crippen LogP contribution < -0.4 is 16.2 Å². The maximum atomic E-state index is 14.6. The number of rotatable bonds is 3. The fraction of sp³-hybridized carbons (Fsp3) is 0.174. The molecule has 0 saturated carbocycles. The van der Waals surface area contributed by atoms with Crippen molar-refractivity contribution in [3.8, 4) is 11.8 Å². The van der Waals surface area contributed by atoms with Gasteiger partial charge in [-0.05, 0) is 37.1 Å². The number of aromatic nitrogens is 4. The average molecular weight is 445 g/mol. The molecule has 10 heteroatoms. The Hall–Kier alpha value is -4.39. The van der Waals surface area contributed by atoms with Gasteiger partial charge in [0.05, 0.1) is 17.2 Å². The first-order chi connectivity index (χ1) is 16.0. The standard InChI is InChI=1S/C23H17F2N7O/c24-15-8-9-16-18(19(15)25)23(33)32(13-5-2-1-3-6-13)22(30-16)17-7-4-10-31(17)21-14(11-26)20(27)28-12-29-21/h1-3,5-6,8-9,12,17H,4,7,10H2,(H2,27,28,29)/t17-/m0/s1. The van der Waals surface area contributed by atoms with Crippen LogP contribution in [0.3, 0.4) is 0 Å². The van der Waals surface area contributed by atoms with E-state index in [9.17, 15) is 18.8 Å². The number of hydrogen-bond donors (Lipinski definition) is 1. The van der Waals surface area contributed by atoms with Gasteiger partial charge in [-0.3, -0.25) is 9.36 Å². The van der Waals surface area contributed by atoms with Crippen LogP contribution in [-0.4, -0.2) is 26.1 Å². The first-order valence-electron chi connectivity index (χ1n) is 10.2. The van der Waals surface area contributed by atoms with E-state index < -0.39 is 28.6 Å². The Morgan fingerprint density at radius 3 is 2.67 bits per heavy atom. The Kier molecular flexibility index (Phi) is 4.94. The number of nitrogen functional groups attached to an aromatic ring is 1. The van der Waals surface area contributed by atoms with Crippen molar-refractivity contribution in [2.45, 2.75) is 18.9 Å². The van der Waals surface area contributed by atoms with Gasteiger partial charge in [-0.15, -0.1) is 0 Å². The van der Waals surface area contributed by atoms with Crippen LogP contribution in [0.15, 0.2) is 53.6 Å². The van der Waals surface area contributed by atoms with E-state index in [1.165, 1.54) is 17.0 Å². The van der Waals surface area contributed by atoms with Crippen molar-refractivity contribution in [2.75, 3.05) is 17.2 Å². The van der Waals surface area contributed by atoms with E-state index in [-0.39, 0.29) is 16.9 Å². The van der Waals surface area contributed by atoms with Crippen LogP contribution in [0.1, 0.15) is 30.3 Å². The van der Waals surface area contributed by atoms with E-state index in [1.54, 1.807) is 30.3 Å². The zero-order valence-corrected chi connectivity index (χ0v) is 17.2. The van der Waals surface area contributed by atoms with E-state index in [2.05, 4.69) is 15.0 Å². The zero-order chi connectivity index (χ0) is 23.1. The Morgan fingerprint density at radius 1 is 1.12 bits per heavy atom. The van der Waals surface area contributed by atoms with Crippen molar-refractivity contribution in [1.29, 1.82) is 5.26 Å². The molecule has 0 bridgehead atoms. The van der Waals surface area contributed by atoms with Gasteiger partial charge in [0.1, 0.15) is 35.0 Å². The molecule has 1 saturated heterocycles. The smallest absolute Gasteiger partial charge is 0.269 e. The predicted molar refractivity (Wildman–Crippen MR) is 118 cm³/mol. The fourth-order valence-electron chi connectivity index (χ4n) is 4.28. The maximum Gasteiger partial charge on any atom is 0.269 e. The molecule has 0 spiro atoms. The zero-order valence-electron chi connectivity index (χ0n) is 17.2. The van der Waals surface area contributed by atoms with Crippen molar-refractivity contribution in [3.05, 3.63) is 82.2 Å². The van der Waals surface area contributed by atoms with Crippen LogP contribution in [0.2, 0.25) is 0 Å². The lowest BCUT2D eigenvalue weighted by Crippen LogP contribution is -2.32. The van der Waals surface area contributed by atoms with Gasteiger partial charge in [0.2, 0.25) is 0 Å². The van der Waals surface area contributed by atoms with Gasteiger partial charge in [-0.25, -0.2) is 23.7 Å². The van der Waals surface area contributed by atoms with Crippen LogP contribution in [-0.2, 0) is 0 Å². The van der Waals surface area contributed by atoms with Gasteiger partial charge in [0, 0.05) is 6.54 Å². The van der Waals surface area contributed by atoms with E-state index in [1.807, 2.05) is 11.0 Å². The van der Waals surface area contributed by atoms with Gasteiger partial charge < -0.3 is 10.6 Å². The molecule has 2 aromatic heterocycles. The Morgan fingerprint density at radius 2 is 1.91 bits per heavy atom.